The molecule has 4 aromatic rings. The molecule has 6 heteroatoms. The molecule has 0 spiro atoms. The van der Waals surface area contributed by atoms with Crippen LogP contribution in [0.4, 0.5) is 0 Å². The van der Waals surface area contributed by atoms with Crippen molar-refractivity contribution in [1.82, 2.24) is 14.6 Å². The molecule has 0 N–H and O–H groups in total. The number of aromatic nitrogens is 3. The predicted molar refractivity (Wildman–Crippen MR) is 104 cm³/mol. The third-order valence-corrected chi connectivity index (χ3v) is 4.98. The molecule has 1 aliphatic heterocycles. The number of rotatable bonds is 3. The van der Waals surface area contributed by atoms with Crippen LogP contribution in [0.15, 0.2) is 54.7 Å². The van der Waals surface area contributed by atoms with Gasteiger partial charge in [0, 0.05) is 22.3 Å². The first kappa shape index (κ1) is 16.1. The molecule has 5 nitrogen and oxygen atoms in total. The molecule has 134 valence electrons. The minimum absolute atomic E-state index is 0.257. The lowest BCUT2D eigenvalue weighted by Gasteiger charge is -2.06. The number of nitrogens with zero attached hydrogens (tertiary/aromatic N) is 3. The van der Waals surface area contributed by atoms with Crippen molar-refractivity contribution in [3.8, 4) is 33.9 Å². The van der Waals surface area contributed by atoms with Crippen LogP contribution in [0.2, 0.25) is 5.02 Å². The normalized spacial score (nSPS) is 12.7. The number of benzene rings is 2. The van der Waals surface area contributed by atoms with Gasteiger partial charge in [0.25, 0.3) is 0 Å². The van der Waals surface area contributed by atoms with Crippen molar-refractivity contribution in [2.75, 3.05) is 6.79 Å². The summed E-state index contributed by atoms with van der Waals surface area (Å²) in [5.41, 5.74) is 5.87. The van der Waals surface area contributed by atoms with E-state index >= 15 is 0 Å². The van der Waals surface area contributed by atoms with Crippen LogP contribution in [-0.2, 0) is 6.42 Å². The van der Waals surface area contributed by atoms with Crippen LogP contribution in [0.5, 0.6) is 11.5 Å². The summed E-state index contributed by atoms with van der Waals surface area (Å²) < 4.78 is 12.8. The summed E-state index contributed by atoms with van der Waals surface area (Å²) in [6.45, 7) is 2.36. The van der Waals surface area contributed by atoms with E-state index in [2.05, 4.69) is 11.9 Å². The van der Waals surface area contributed by atoms with Crippen LogP contribution in [-0.4, -0.2) is 21.4 Å². The van der Waals surface area contributed by atoms with E-state index in [1.165, 1.54) is 0 Å². The van der Waals surface area contributed by atoms with Gasteiger partial charge in [0.2, 0.25) is 6.79 Å². The van der Waals surface area contributed by atoms with Crippen molar-refractivity contribution in [2.45, 2.75) is 13.3 Å². The molecule has 0 saturated carbocycles. The smallest absolute Gasteiger partial charge is 0.231 e. The number of aryl methyl sites for hydroxylation is 1. The van der Waals surface area contributed by atoms with Gasteiger partial charge in [-0.15, -0.1) is 0 Å². The van der Waals surface area contributed by atoms with Gasteiger partial charge >= 0.3 is 0 Å². The Labute approximate surface area is 161 Å². The van der Waals surface area contributed by atoms with Gasteiger partial charge in [-0.3, -0.25) is 0 Å². The lowest BCUT2D eigenvalue weighted by molar-refractivity contribution is 0.174. The second-order valence-corrected chi connectivity index (χ2v) is 6.75. The summed E-state index contributed by atoms with van der Waals surface area (Å²) in [5, 5.41) is 5.56. The Balaban J connectivity index is 1.73. The Bertz CT molecular complexity index is 1150. The Kier molecular flexibility index (Phi) is 3.76. The molecule has 2 aromatic carbocycles. The molecule has 0 atom stereocenters. The van der Waals surface area contributed by atoms with E-state index in [1.54, 1.807) is 0 Å². The summed E-state index contributed by atoms with van der Waals surface area (Å²) in [4.78, 5) is 4.62. The van der Waals surface area contributed by atoms with E-state index in [0.29, 0.717) is 5.02 Å². The number of fused-ring (bicyclic) bond motifs is 2. The molecule has 0 fully saturated rings. The molecule has 0 radical (unpaired) electrons. The van der Waals surface area contributed by atoms with E-state index in [1.807, 2.05) is 59.2 Å². The maximum atomic E-state index is 6.06. The van der Waals surface area contributed by atoms with Gasteiger partial charge in [-0.25, -0.2) is 9.50 Å². The monoisotopic (exact) mass is 377 g/mol. The molecular formula is C21H16ClN3O2. The number of ether oxygens (including phenoxy) is 2. The zero-order chi connectivity index (χ0) is 18.4. The fourth-order valence-electron chi connectivity index (χ4n) is 3.42. The molecular weight excluding hydrogens is 362 g/mol. The molecule has 27 heavy (non-hydrogen) atoms. The van der Waals surface area contributed by atoms with E-state index in [0.717, 1.165) is 51.6 Å². The van der Waals surface area contributed by atoms with Gasteiger partial charge in [0.05, 0.1) is 11.4 Å². The maximum absolute atomic E-state index is 6.06. The molecule has 1 aliphatic rings. The van der Waals surface area contributed by atoms with E-state index in [4.69, 9.17) is 26.2 Å². The van der Waals surface area contributed by atoms with Crippen LogP contribution in [0.25, 0.3) is 28.0 Å². The van der Waals surface area contributed by atoms with Gasteiger partial charge in [0.15, 0.2) is 17.1 Å². The van der Waals surface area contributed by atoms with Crippen LogP contribution in [0.1, 0.15) is 12.6 Å². The topological polar surface area (TPSA) is 48.7 Å². The van der Waals surface area contributed by atoms with Crippen molar-refractivity contribution >= 4 is 17.2 Å². The molecule has 0 bridgehead atoms. The van der Waals surface area contributed by atoms with Gasteiger partial charge in [-0.05, 0) is 48.4 Å². The number of hydrogen-bond acceptors (Lipinski definition) is 4. The standard InChI is InChI=1S/C21H16ClN3O2/c1-2-16-20(13-3-6-15(22)7-4-13)21-23-10-9-17(25(21)24-16)14-5-8-18-19(11-14)27-12-26-18/h3-11H,2,12H2,1H3. The van der Waals surface area contributed by atoms with Gasteiger partial charge in [-0.1, -0.05) is 30.7 Å². The highest BCUT2D eigenvalue weighted by atomic mass is 35.5. The first-order valence-corrected chi connectivity index (χ1v) is 9.15. The van der Waals surface area contributed by atoms with Crippen molar-refractivity contribution in [1.29, 1.82) is 0 Å². The average Bonchev–Trinajstić information content (AvgIpc) is 3.32. The molecule has 0 amide bonds. The van der Waals surface area contributed by atoms with Crippen LogP contribution < -0.4 is 9.47 Å². The second kappa shape index (κ2) is 6.28. The average molecular weight is 378 g/mol. The van der Waals surface area contributed by atoms with Crippen LogP contribution >= 0.6 is 11.6 Å². The molecule has 0 aliphatic carbocycles. The number of hydrogen-bond donors (Lipinski definition) is 0. The first-order chi connectivity index (χ1) is 13.2. The fraction of sp³-hybridized carbons (Fsp3) is 0.143. The maximum Gasteiger partial charge on any atom is 0.231 e. The highest BCUT2D eigenvalue weighted by molar-refractivity contribution is 6.30. The molecule has 0 saturated heterocycles. The van der Waals surface area contributed by atoms with E-state index < -0.39 is 0 Å². The quantitative estimate of drug-likeness (QED) is 0.503. The Hall–Kier alpha value is -3.05. The first-order valence-electron chi connectivity index (χ1n) is 8.77. The van der Waals surface area contributed by atoms with Crippen LogP contribution in [0, 0.1) is 0 Å². The third kappa shape index (κ3) is 2.62. The predicted octanol–water partition coefficient (Wildman–Crippen LogP) is 5.01. The van der Waals surface area contributed by atoms with E-state index in [9.17, 15) is 0 Å². The third-order valence-electron chi connectivity index (χ3n) is 4.73. The molecule has 3 heterocycles. The Morgan fingerprint density at radius 3 is 2.59 bits per heavy atom. The lowest BCUT2D eigenvalue weighted by Crippen LogP contribution is -1.96. The summed E-state index contributed by atoms with van der Waals surface area (Å²) in [6.07, 6.45) is 2.62. The van der Waals surface area contributed by atoms with E-state index in [-0.39, 0.29) is 6.79 Å². The minimum Gasteiger partial charge on any atom is -0.454 e. The highest BCUT2D eigenvalue weighted by Crippen LogP contribution is 2.37. The van der Waals surface area contributed by atoms with Crippen LogP contribution in [0.3, 0.4) is 0 Å². The van der Waals surface area contributed by atoms with Crippen molar-refractivity contribution in [3.05, 3.63) is 65.4 Å². The van der Waals surface area contributed by atoms with Gasteiger partial charge in [0.1, 0.15) is 0 Å². The minimum atomic E-state index is 0.257. The summed E-state index contributed by atoms with van der Waals surface area (Å²) in [7, 11) is 0. The summed E-state index contributed by atoms with van der Waals surface area (Å²) >= 11 is 6.06. The zero-order valence-corrected chi connectivity index (χ0v) is 15.4. The summed E-state index contributed by atoms with van der Waals surface area (Å²) in [6, 6.07) is 15.7. The molecule has 0 unspecified atom stereocenters. The Morgan fingerprint density at radius 1 is 1.00 bits per heavy atom. The van der Waals surface area contributed by atoms with Gasteiger partial charge in [-0.2, -0.15) is 5.10 Å². The highest BCUT2D eigenvalue weighted by Gasteiger charge is 2.19. The number of halogens is 1. The van der Waals surface area contributed by atoms with Crippen molar-refractivity contribution < 1.29 is 9.47 Å². The summed E-state index contributed by atoms with van der Waals surface area (Å²) in [5.74, 6) is 1.51. The molecule has 2 aromatic heterocycles. The largest absolute Gasteiger partial charge is 0.454 e. The second-order valence-electron chi connectivity index (χ2n) is 6.32. The zero-order valence-electron chi connectivity index (χ0n) is 14.6. The Morgan fingerprint density at radius 2 is 1.78 bits per heavy atom. The SMILES string of the molecule is CCc1nn2c(-c3ccc4c(c3)OCO4)ccnc2c1-c1ccc(Cl)cc1. The van der Waals surface area contributed by atoms with Gasteiger partial charge < -0.3 is 9.47 Å². The molecule has 5 rings (SSSR count). The van der Waals surface area contributed by atoms with Crippen molar-refractivity contribution in [3.63, 3.8) is 0 Å². The lowest BCUT2D eigenvalue weighted by atomic mass is 10.0. The van der Waals surface area contributed by atoms with Crippen molar-refractivity contribution in [2.24, 2.45) is 0 Å². The fourth-order valence-corrected chi connectivity index (χ4v) is 3.55.